The van der Waals surface area contributed by atoms with Crippen molar-refractivity contribution in [1.29, 1.82) is 0 Å². The van der Waals surface area contributed by atoms with Gasteiger partial charge in [0.1, 0.15) is 11.4 Å². The van der Waals surface area contributed by atoms with Crippen LogP contribution in [0.2, 0.25) is 0 Å². The number of ether oxygens (including phenoxy) is 1. The first kappa shape index (κ1) is 13.6. The molecule has 2 unspecified atom stereocenters. The number of nitro groups is 1. The molecule has 1 aromatic rings. The molecule has 19 heavy (non-hydrogen) atoms. The molecule has 0 N–H and O–H groups in total. The molecule has 1 fully saturated rings. The largest absolute Gasteiger partial charge is 0.497 e. The molecule has 1 heterocycles. The van der Waals surface area contributed by atoms with Crippen LogP contribution in [-0.2, 0) is 0 Å². The highest BCUT2D eigenvalue weighted by Gasteiger charge is 2.34. The van der Waals surface area contributed by atoms with E-state index in [4.69, 9.17) is 4.74 Å². The van der Waals surface area contributed by atoms with E-state index in [1.54, 1.807) is 0 Å². The molecule has 0 aliphatic carbocycles. The third-order valence-electron chi connectivity index (χ3n) is 3.88. The second kappa shape index (κ2) is 5.03. The zero-order valence-corrected chi connectivity index (χ0v) is 11.2. The van der Waals surface area contributed by atoms with Crippen molar-refractivity contribution in [2.45, 2.75) is 26.3 Å². The topological polar surface area (TPSA) is 55.6 Å². The number of rotatable bonds is 3. The highest BCUT2D eigenvalue weighted by atomic mass is 19.1. The number of hydrogen-bond acceptors (Lipinski definition) is 4. The molecule has 1 aromatic carbocycles. The molecule has 0 radical (unpaired) electrons. The summed E-state index contributed by atoms with van der Waals surface area (Å²) in [6, 6.07) is 2.73. The van der Waals surface area contributed by atoms with E-state index in [2.05, 4.69) is 6.92 Å². The lowest BCUT2D eigenvalue weighted by atomic mass is 10.0. The number of nitrogens with zero attached hydrogens (tertiary/aromatic N) is 2. The number of halogens is 1. The van der Waals surface area contributed by atoms with Crippen molar-refractivity contribution < 1.29 is 14.1 Å². The van der Waals surface area contributed by atoms with Crippen molar-refractivity contribution in [3.05, 3.63) is 28.1 Å². The van der Waals surface area contributed by atoms with Gasteiger partial charge in [0.05, 0.1) is 12.0 Å². The van der Waals surface area contributed by atoms with Crippen LogP contribution in [0.15, 0.2) is 12.1 Å². The van der Waals surface area contributed by atoms with E-state index in [1.165, 1.54) is 13.2 Å². The van der Waals surface area contributed by atoms with Crippen molar-refractivity contribution in [3.63, 3.8) is 0 Å². The van der Waals surface area contributed by atoms with E-state index in [9.17, 15) is 14.5 Å². The number of methoxy groups -OCH3 is 1. The van der Waals surface area contributed by atoms with Crippen molar-refractivity contribution in [2.75, 3.05) is 18.6 Å². The maximum atomic E-state index is 13.9. The van der Waals surface area contributed by atoms with Gasteiger partial charge in [-0.2, -0.15) is 4.39 Å². The zero-order valence-electron chi connectivity index (χ0n) is 11.2. The van der Waals surface area contributed by atoms with E-state index in [0.717, 1.165) is 12.5 Å². The van der Waals surface area contributed by atoms with Gasteiger partial charge in [-0.3, -0.25) is 10.1 Å². The molecule has 5 nitrogen and oxygen atoms in total. The summed E-state index contributed by atoms with van der Waals surface area (Å²) in [5.74, 6) is -0.134. The summed E-state index contributed by atoms with van der Waals surface area (Å²) in [5.41, 5.74) is -0.166. The molecule has 1 saturated heterocycles. The molecule has 1 aliphatic rings. The minimum atomic E-state index is -0.855. The van der Waals surface area contributed by atoms with E-state index in [-0.39, 0.29) is 6.04 Å². The Morgan fingerprint density at radius 2 is 2.16 bits per heavy atom. The number of anilines is 1. The van der Waals surface area contributed by atoms with Gasteiger partial charge in [-0.05, 0) is 19.3 Å². The lowest BCUT2D eigenvalue weighted by Gasteiger charge is -2.25. The predicted octanol–water partition coefficient (Wildman–Crippen LogP) is 2.98. The van der Waals surface area contributed by atoms with E-state index < -0.39 is 16.4 Å². The fourth-order valence-electron chi connectivity index (χ4n) is 2.51. The number of hydrogen-bond donors (Lipinski definition) is 0. The summed E-state index contributed by atoms with van der Waals surface area (Å²) in [6.07, 6.45) is 0.942. The van der Waals surface area contributed by atoms with Gasteiger partial charge in [0.25, 0.3) is 0 Å². The predicted molar refractivity (Wildman–Crippen MR) is 70.2 cm³/mol. The van der Waals surface area contributed by atoms with Gasteiger partial charge < -0.3 is 9.64 Å². The Morgan fingerprint density at radius 3 is 2.63 bits per heavy atom. The van der Waals surface area contributed by atoms with Crippen LogP contribution in [0.25, 0.3) is 0 Å². The molecular formula is C13H17FN2O3. The Morgan fingerprint density at radius 1 is 1.47 bits per heavy atom. The van der Waals surface area contributed by atoms with Crippen LogP contribution in [0.1, 0.15) is 20.3 Å². The fourth-order valence-corrected chi connectivity index (χ4v) is 2.51. The summed E-state index contributed by atoms with van der Waals surface area (Å²) >= 11 is 0. The maximum Gasteiger partial charge on any atom is 0.328 e. The first-order valence-corrected chi connectivity index (χ1v) is 6.24. The zero-order chi connectivity index (χ0) is 14.2. The average molecular weight is 268 g/mol. The third kappa shape index (κ3) is 2.34. The van der Waals surface area contributed by atoms with Gasteiger partial charge in [-0.15, -0.1) is 0 Å². The first-order chi connectivity index (χ1) is 8.95. The molecule has 0 saturated carbocycles. The second-order valence-corrected chi connectivity index (χ2v) is 4.93. The summed E-state index contributed by atoms with van der Waals surface area (Å²) in [7, 11) is 1.42. The molecule has 1 aliphatic heterocycles. The number of nitro benzene ring substituents is 1. The second-order valence-electron chi connectivity index (χ2n) is 4.93. The summed E-state index contributed by atoms with van der Waals surface area (Å²) < 4.78 is 18.9. The molecule has 0 bridgehead atoms. The molecule has 0 spiro atoms. The molecule has 0 aromatic heterocycles. The van der Waals surface area contributed by atoms with Crippen LogP contribution < -0.4 is 9.64 Å². The highest BCUT2D eigenvalue weighted by molar-refractivity contribution is 5.67. The summed E-state index contributed by atoms with van der Waals surface area (Å²) in [5, 5.41) is 11.1. The molecule has 0 amide bonds. The Kier molecular flexibility index (Phi) is 3.59. The van der Waals surface area contributed by atoms with Gasteiger partial charge in [0.15, 0.2) is 0 Å². The highest BCUT2D eigenvalue weighted by Crippen LogP contribution is 2.39. The van der Waals surface area contributed by atoms with Crippen molar-refractivity contribution >= 4 is 11.4 Å². The van der Waals surface area contributed by atoms with Crippen LogP contribution in [0.4, 0.5) is 15.8 Å². The van der Waals surface area contributed by atoms with Crippen molar-refractivity contribution in [3.8, 4) is 5.75 Å². The smallest absolute Gasteiger partial charge is 0.328 e. The van der Waals surface area contributed by atoms with E-state index >= 15 is 0 Å². The Labute approximate surface area is 111 Å². The van der Waals surface area contributed by atoms with E-state index in [1.807, 2.05) is 11.8 Å². The minimum Gasteiger partial charge on any atom is -0.497 e. The maximum absolute atomic E-state index is 13.9. The van der Waals surface area contributed by atoms with Crippen molar-refractivity contribution in [2.24, 2.45) is 5.92 Å². The molecule has 104 valence electrons. The van der Waals surface area contributed by atoms with Crippen molar-refractivity contribution in [1.82, 2.24) is 0 Å². The Hall–Kier alpha value is -1.85. The van der Waals surface area contributed by atoms with Crippen LogP contribution in [-0.4, -0.2) is 24.6 Å². The SMILES string of the molecule is COc1cc(F)c([N+](=O)[O-])c(N2CCC(C)C2C)c1. The Balaban J connectivity index is 2.53. The molecule has 2 atom stereocenters. The average Bonchev–Trinajstić information content (AvgIpc) is 2.68. The Bertz CT molecular complexity index is 507. The monoisotopic (exact) mass is 268 g/mol. The summed E-state index contributed by atoms with van der Waals surface area (Å²) in [6.45, 7) is 4.78. The number of benzene rings is 1. The van der Waals surface area contributed by atoms with Crippen LogP contribution in [0.3, 0.4) is 0 Å². The molecule has 2 rings (SSSR count). The third-order valence-corrected chi connectivity index (χ3v) is 3.88. The fraction of sp³-hybridized carbons (Fsp3) is 0.538. The van der Waals surface area contributed by atoms with Crippen LogP contribution in [0, 0.1) is 21.8 Å². The van der Waals surface area contributed by atoms with Gasteiger partial charge in [-0.1, -0.05) is 6.92 Å². The lowest BCUT2D eigenvalue weighted by molar-refractivity contribution is -0.386. The molecular weight excluding hydrogens is 251 g/mol. The van der Waals surface area contributed by atoms with Gasteiger partial charge in [0, 0.05) is 24.7 Å². The lowest BCUT2D eigenvalue weighted by Crippen LogP contribution is -2.29. The van der Waals surface area contributed by atoms with Gasteiger partial charge in [0.2, 0.25) is 5.82 Å². The van der Waals surface area contributed by atoms with Crippen LogP contribution in [0.5, 0.6) is 5.75 Å². The van der Waals surface area contributed by atoms with Crippen LogP contribution >= 0.6 is 0 Å². The minimum absolute atomic E-state index is 0.144. The van der Waals surface area contributed by atoms with E-state index in [0.29, 0.717) is 23.9 Å². The van der Waals surface area contributed by atoms with Gasteiger partial charge in [-0.25, -0.2) is 0 Å². The normalized spacial score (nSPS) is 22.6. The van der Waals surface area contributed by atoms with Gasteiger partial charge >= 0.3 is 5.69 Å². The quantitative estimate of drug-likeness (QED) is 0.624. The first-order valence-electron chi connectivity index (χ1n) is 6.24. The summed E-state index contributed by atoms with van der Waals surface area (Å²) in [4.78, 5) is 12.3. The molecule has 6 heteroatoms. The standard InChI is InChI=1S/C13H17FN2O3/c1-8-4-5-15(9(8)2)12-7-10(19-3)6-11(14)13(12)16(17)18/h6-9H,4-5H2,1-3H3.